The number of halogens is 5. The highest BCUT2D eigenvalue weighted by Gasteiger charge is 2.35. The molecule has 0 radical (unpaired) electrons. The van der Waals surface area contributed by atoms with Crippen molar-refractivity contribution >= 4 is 12.4 Å². The van der Waals surface area contributed by atoms with E-state index in [1.54, 1.807) is 0 Å². The third kappa shape index (κ3) is 4.99. The number of hydrogen-bond acceptors (Lipinski definition) is 1. The molecule has 0 fully saturated rings. The van der Waals surface area contributed by atoms with Gasteiger partial charge in [0, 0.05) is 11.6 Å². The summed E-state index contributed by atoms with van der Waals surface area (Å²) in [5.41, 5.74) is 4.44. The molecule has 1 atom stereocenters. The Bertz CT molecular complexity index is 393. The number of unbranched alkanes of at least 4 members (excludes halogenated alkanes) is 2. The van der Waals surface area contributed by atoms with Crippen LogP contribution in [0.25, 0.3) is 0 Å². The molecule has 0 aliphatic rings. The van der Waals surface area contributed by atoms with Crippen LogP contribution >= 0.6 is 12.4 Å². The lowest BCUT2D eigenvalue weighted by Gasteiger charge is -2.16. The average molecular weight is 300 g/mol. The second kappa shape index (κ2) is 7.70. The Balaban J connectivity index is 0.00000324. The van der Waals surface area contributed by atoms with E-state index in [4.69, 9.17) is 5.73 Å². The van der Waals surface area contributed by atoms with Crippen molar-refractivity contribution in [2.24, 2.45) is 5.73 Å². The maximum Gasteiger partial charge on any atom is 0.419 e. The van der Waals surface area contributed by atoms with Gasteiger partial charge in [-0.2, -0.15) is 13.2 Å². The first kappa shape index (κ1) is 18.2. The lowest BCUT2D eigenvalue weighted by atomic mass is 9.98. The topological polar surface area (TPSA) is 26.0 Å². The molecule has 6 heteroatoms. The van der Waals surface area contributed by atoms with Crippen LogP contribution in [0.15, 0.2) is 18.2 Å². The number of alkyl halides is 3. The fourth-order valence-electron chi connectivity index (χ4n) is 1.82. The first-order chi connectivity index (χ1) is 8.38. The molecule has 1 aromatic carbocycles. The summed E-state index contributed by atoms with van der Waals surface area (Å²) in [5.74, 6) is -1.24. The number of nitrogens with two attached hydrogens (primary N) is 1. The SMILES string of the molecule is CCCCC[C@@H](N)c1cccc(C(F)(F)F)c1F.Cl. The average Bonchev–Trinajstić information content (AvgIpc) is 2.28. The van der Waals surface area contributed by atoms with Gasteiger partial charge in [-0.3, -0.25) is 0 Å². The van der Waals surface area contributed by atoms with Crippen LogP contribution < -0.4 is 5.73 Å². The molecule has 1 aromatic rings. The standard InChI is InChI=1S/C13H17F4N.ClH/c1-2-3-4-8-11(18)9-6-5-7-10(12(9)14)13(15,16)17;/h5-7,11H,2-4,8,18H2,1H3;1H/t11-;/m1./s1. The molecule has 1 rings (SSSR count). The van der Waals surface area contributed by atoms with Crippen molar-refractivity contribution in [2.45, 2.75) is 44.8 Å². The van der Waals surface area contributed by atoms with Gasteiger partial charge in [0.05, 0.1) is 5.56 Å². The summed E-state index contributed by atoms with van der Waals surface area (Å²) >= 11 is 0. The largest absolute Gasteiger partial charge is 0.419 e. The van der Waals surface area contributed by atoms with Crippen molar-refractivity contribution in [2.75, 3.05) is 0 Å². The molecule has 0 amide bonds. The van der Waals surface area contributed by atoms with Gasteiger partial charge < -0.3 is 5.73 Å². The Labute approximate surface area is 116 Å². The lowest BCUT2D eigenvalue weighted by Crippen LogP contribution is -2.16. The highest BCUT2D eigenvalue weighted by atomic mass is 35.5. The van der Waals surface area contributed by atoms with Crippen molar-refractivity contribution in [3.05, 3.63) is 35.1 Å². The molecule has 110 valence electrons. The fraction of sp³-hybridized carbons (Fsp3) is 0.538. The van der Waals surface area contributed by atoms with Gasteiger partial charge in [-0.05, 0) is 12.5 Å². The Morgan fingerprint density at radius 2 is 1.84 bits per heavy atom. The molecule has 0 heterocycles. The molecule has 0 aromatic heterocycles. The van der Waals surface area contributed by atoms with E-state index in [9.17, 15) is 17.6 Å². The van der Waals surface area contributed by atoms with Crippen LogP contribution in [0.2, 0.25) is 0 Å². The van der Waals surface area contributed by atoms with E-state index >= 15 is 0 Å². The highest BCUT2D eigenvalue weighted by Crippen LogP contribution is 2.34. The van der Waals surface area contributed by atoms with E-state index in [1.165, 1.54) is 12.1 Å². The van der Waals surface area contributed by atoms with Gasteiger partial charge in [0.2, 0.25) is 0 Å². The summed E-state index contributed by atoms with van der Waals surface area (Å²) in [4.78, 5) is 0. The second-order valence-corrected chi connectivity index (χ2v) is 4.31. The van der Waals surface area contributed by atoms with Crippen molar-refractivity contribution in [3.8, 4) is 0 Å². The molecule has 0 spiro atoms. The van der Waals surface area contributed by atoms with Crippen LogP contribution in [-0.4, -0.2) is 0 Å². The smallest absolute Gasteiger partial charge is 0.324 e. The van der Waals surface area contributed by atoms with Crippen molar-refractivity contribution in [1.82, 2.24) is 0 Å². The van der Waals surface area contributed by atoms with Gasteiger partial charge in [0.1, 0.15) is 5.82 Å². The Morgan fingerprint density at radius 1 is 1.21 bits per heavy atom. The second-order valence-electron chi connectivity index (χ2n) is 4.31. The molecule has 0 saturated carbocycles. The molecule has 0 aliphatic heterocycles. The summed E-state index contributed by atoms with van der Waals surface area (Å²) < 4.78 is 51.3. The number of benzene rings is 1. The van der Waals surface area contributed by atoms with E-state index in [2.05, 4.69) is 0 Å². The van der Waals surface area contributed by atoms with Crippen molar-refractivity contribution in [3.63, 3.8) is 0 Å². The van der Waals surface area contributed by atoms with Crippen LogP contribution in [0.1, 0.15) is 49.8 Å². The van der Waals surface area contributed by atoms with Gasteiger partial charge >= 0.3 is 6.18 Å². The molecule has 0 bridgehead atoms. The predicted octanol–water partition coefficient (Wildman–Crippen LogP) is 4.85. The molecule has 0 aliphatic carbocycles. The molecule has 0 saturated heterocycles. The Kier molecular flexibility index (Phi) is 7.37. The van der Waals surface area contributed by atoms with Crippen LogP contribution in [0.4, 0.5) is 17.6 Å². The van der Waals surface area contributed by atoms with Crippen molar-refractivity contribution < 1.29 is 17.6 Å². The third-order valence-electron chi connectivity index (χ3n) is 2.85. The van der Waals surface area contributed by atoms with E-state index in [0.717, 1.165) is 25.3 Å². The van der Waals surface area contributed by atoms with Gasteiger partial charge in [-0.15, -0.1) is 12.4 Å². The van der Waals surface area contributed by atoms with E-state index in [0.29, 0.717) is 6.42 Å². The molecular weight excluding hydrogens is 282 g/mol. The van der Waals surface area contributed by atoms with Crippen molar-refractivity contribution in [1.29, 1.82) is 0 Å². The summed E-state index contributed by atoms with van der Waals surface area (Å²) in [5, 5.41) is 0. The number of rotatable bonds is 5. The van der Waals surface area contributed by atoms with E-state index in [-0.39, 0.29) is 18.0 Å². The monoisotopic (exact) mass is 299 g/mol. The highest BCUT2D eigenvalue weighted by molar-refractivity contribution is 5.85. The van der Waals surface area contributed by atoms with Gasteiger partial charge in [-0.1, -0.05) is 38.3 Å². The normalized spacial score (nSPS) is 12.9. The molecule has 19 heavy (non-hydrogen) atoms. The first-order valence-electron chi connectivity index (χ1n) is 5.99. The first-order valence-corrected chi connectivity index (χ1v) is 5.99. The maximum atomic E-state index is 13.7. The summed E-state index contributed by atoms with van der Waals surface area (Å²) in [7, 11) is 0. The van der Waals surface area contributed by atoms with Crippen LogP contribution in [-0.2, 0) is 6.18 Å². The predicted molar refractivity (Wildman–Crippen MR) is 69.7 cm³/mol. The minimum Gasteiger partial charge on any atom is -0.324 e. The zero-order chi connectivity index (χ0) is 13.8. The summed E-state index contributed by atoms with van der Waals surface area (Å²) in [6, 6.07) is 2.57. The summed E-state index contributed by atoms with van der Waals surface area (Å²) in [6.07, 6.45) is -1.48. The number of hydrogen-bond donors (Lipinski definition) is 1. The minimum atomic E-state index is -4.68. The van der Waals surface area contributed by atoms with Gasteiger partial charge in [0.15, 0.2) is 0 Å². The molecule has 1 nitrogen and oxygen atoms in total. The van der Waals surface area contributed by atoms with E-state index in [1.807, 2.05) is 6.92 Å². The third-order valence-corrected chi connectivity index (χ3v) is 2.85. The molecule has 2 N–H and O–H groups in total. The fourth-order valence-corrected chi connectivity index (χ4v) is 1.82. The Morgan fingerprint density at radius 3 is 2.37 bits per heavy atom. The van der Waals surface area contributed by atoms with Crippen LogP contribution in [0, 0.1) is 5.82 Å². The van der Waals surface area contributed by atoms with Gasteiger partial charge in [-0.25, -0.2) is 4.39 Å². The Hall–Kier alpha value is -0.810. The maximum absolute atomic E-state index is 13.7. The van der Waals surface area contributed by atoms with E-state index < -0.39 is 23.6 Å². The summed E-state index contributed by atoms with van der Waals surface area (Å²) in [6.45, 7) is 2.01. The molecular formula is C13H18ClF4N. The van der Waals surface area contributed by atoms with Gasteiger partial charge in [0.25, 0.3) is 0 Å². The lowest BCUT2D eigenvalue weighted by molar-refractivity contribution is -0.140. The van der Waals surface area contributed by atoms with Crippen LogP contribution in [0.5, 0.6) is 0 Å². The zero-order valence-electron chi connectivity index (χ0n) is 10.6. The van der Waals surface area contributed by atoms with Crippen LogP contribution in [0.3, 0.4) is 0 Å². The zero-order valence-corrected chi connectivity index (χ0v) is 11.5. The minimum absolute atomic E-state index is 0. The molecule has 0 unspecified atom stereocenters. The quantitative estimate of drug-likeness (QED) is 0.610.